The van der Waals surface area contributed by atoms with Crippen molar-refractivity contribution in [2.75, 3.05) is 13.2 Å². The van der Waals surface area contributed by atoms with E-state index in [-0.39, 0.29) is 31.1 Å². The number of unbranched alkanes of at least 4 members (excludes halogenated alkanes) is 24. The number of carbonyl (C=O) groups excluding carboxylic acids is 3. The van der Waals surface area contributed by atoms with Gasteiger partial charge >= 0.3 is 17.9 Å². The highest BCUT2D eigenvalue weighted by molar-refractivity contribution is 5.71. The van der Waals surface area contributed by atoms with Crippen LogP contribution < -0.4 is 0 Å². The molecule has 6 heteroatoms. The Morgan fingerprint density at radius 2 is 0.500 bits per heavy atom. The number of allylic oxidation sites excluding steroid dienone is 22. The quantitative estimate of drug-likeness (QED) is 0.0261. The highest BCUT2D eigenvalue weighted by atomic mass is 16.6. The molecule has 0 spiro atoms. The third-order valence-corrected chi connectivity index (χ3v) is 13.4. The molecule has 0 bridgehead atoms. The fourth-order valence-corrected chi connectivity index (χ4v) is 8.61. The molecule has 78 heavy (non-hydrogen) atoms. The summed E-state index contributed by atoms with van der Waals surface area (Å²) in [7, 11) is 0. The van der Waals surface area contributed by atoms with Crippen LogP contribution >= 0.6 is 0 Å². The lowest BCUT2D eigenvalue weighted by molar-refractivity contribution is -0.167. The van der Waals surface area contributed by atoms with Gasteiger partial charge in [0, 0.05) is 19.3 Å². The maximum Gasteiger partial charge on any atom is 0.306 e. The van der Waals surface area contributed by atoms with Crippen LogP contribution in [0.5, 0.6) is 0 Å². The Morgan fingerprint density at radius 3 is 0.808 bits per heavy atom. The molecule has 0 aliphatic heterocycles. The van der Waals surface area contributed by atoms with Crippen LogP contribution in [0.15, 0.2) is 134 Å². The second kappa shape index (κ2) is 65.1. The first kappa shape index (κ1) is 73.5. The van der Waals surface area contributed by atoms with E-state index < -0.39 is 6.10 Å². The number of rotatable bonds is 57. The second-order valence-electron chi connectivity index (χ2n) is 20.9. The average molecular weight is 1080 g/mol. The molecule has 0 aromatic carbocycles. The van der Waals surface area contributed by atoms with Crippen LogP contribution in [-0.2, 0) is 28.6 Å². The molecule has 0 saturated carbocycles. The van der Waals surface area contributed by atoms with Crippen molar-refractivity contribution in [3.8, 4) is 0 Å². The van der Waals surface area contributed by atoms with Gasteiger partial charge in [0.15, 0.2) is 6.10 Å². The van der Waals surface area contributed by atoms with Gasteiger partial charge < -0.3 is 14.2 Å². The Kier molecular flexibility index (Phi) is 61.4. The van der Waals surface area contributed by atoms with Gasteiger partial charge in [-0.3, -0.25) is 14.4 Å². The van der Waals surface area contributed by atoms with Gasteiger partial charge in [0.1, 0.15) is 13.2 Å². The fourth-order valence-electron chi connectivity index (χ4n) is 8.61. The summed E-state index contributed by atoms with van der Waals surface area (Å²) in [5.74, 6) is -0.950. The predicted molar refractivity (Wildman–Crippen MR) is 339 cm³/mol. The van der Waals surface area contributed by atoms with Crippen molar-refractivity contribution < 1.29 is 28.6 Å². The van der Waals surface area contributed by atoms with Gasteiger partial charge in [0.05, 0.1) is 0 Å². The monoisotopic (exact) mass is 1080 g/mol. The van der Waals surface area contributed by atoms with E-state index in [4.69, 9.17) is 14.2 Å². The molecule has 0 heterocycles. The van der Waals surface area contributed by atoms with E-state index in [9.17, 15) is 14.4 Å². The van der Waals surface area contributed by atoms with Crippen LogP contribution in [0, 0.1) is 0 Å². The van der Waals surface area contributed by atoms with Crippen molar-refractivity contribution in [1.29, 1.82) is 0 Å². The summed E-state index contributed by atoms with van der Waals surface area (Å²) in [5.41, 5.74) is 0. The molecule has 0 rings (SSSR count). The van der Waals surface area contributed by atoms with Crippen molar-refractivity contribution in [1.82, 2.24) is 0 Å². The highest BCUT2D eigenvalue weighted by Gasteiger charge is 2.19. The molecule has 1 atom stereocenters. The zero-order valence-electron chi connectivity index (χ0n) is 50.6. The molecule has 0 aromatic rings. The van der Waals surface area contributed by atoms with Gasteiger partial charge in [-0.15, -0.1) is 0 Å². The molecule has 0 N–H and O–H groups in total. The largest absolute Gasteiger partial charge is 0.462 e. The van der Waals surface area contributed by atoms with Crippen LogP contribution in [0.2, 0.25) is 0 Å². The van der Waals surface area contributed by atoms with E-state index in [1.165, 1.54) is 116 Å². The summed E-state index contributed by atoms with van der Waals surface area (Å²) in [4.78, 5) is 38.3. The lowest BCUT2D eigenvalue weighted by Crippen LogP contribution is -2.30. The SMILES string of the molecule is CC/C=C\C/C=C\C/C=C\C/C=C\C/C=C\CCCCCCCCCCCCCC(=O)OCC(COC(=O)CCCC/C=C\C/C=C\C/C=C\C/C=C\CC)OC(=O)CCCCCCCCC/C=C\C/C=C\CCCCCC. The topological polar surface area (TPSA) is 78.9 Å². The molecule has 0 aromatic heterocycles. The Bertz CT molecular complexity index is 1670. The van der Waals surface area contributed by atoms with Gasteiger partial charge in [-0.2, -0.15) is 0 Å². The number of hydrogen-bond acceptors (Lipinski definition) is 6. The maximum atomic E-state index is 12.9. The van der Waals surface area contributed by atoms with Gasteiger partial charge in [0.25, 0.3) is 0 Å². The van der Waals surface area contributed by atoms with Gasteiger partial charge in [-0.25, -0.2) is 0 Å². The molecule has 0 aliphatic rings. The van der Waals surface area contributed by atoms with Gasteiger partial charge in [0.2, 0.25) is 0 Å². The van der Waals surface area contributed by atoms with E-state index in [1.807, 2.05) is 0 Å². The van der Waals surface area contributed by atoms with Crippen molar-refractivity contribution in [3.05, 3.63) is 134 Å². The molecule has 0 saturated heterocycles. The summed E-state index contributed by atoms with van der Waals surface area (Å²) in [6.07, 6.45) is 91.7. The first-order valence-corrected chi connectivity index (χ1v) is 32.2. The number of ether oxygens (including phenoxy) is 3. The molecular formula is C72H118O6. The molecule has 1 unspecified atom stereocenters. The highest BCUT2D eigenvalue weighted by Crippen LogP contribution is 2.15. The van der Waals surface area contributed by atoms with Crippen LogP contribution in [0.25, 0.3) is 0 Å². The van der Waals surface area contributed by atoms with Crippen LogP contribution in [-0.4, -0.2) is 37.2 Å². The van der Waals surface area contributed by atoms with Crippen LogP contribution in [0.3, 0.4) is 0 Å². The molecule has 442 valence electrons. The minimum Gasteiger partial charge on any atom is -0.462 e. The zero-order valence-corrected chi connectivity index (χ0v) is 50.6. The van der Waals surface area contributed by atoms with Crippen molar-refractivity contribution in [2.24, 2.45) is 0 Å². The zero-order chi connectivity index (χ0) is 56.4. The number of carbonyl (C=O) groups is 3. The lowest BCUT2D eigenvalue weighted by atomic mass is 10.0. The molecule has 0 radical (unpaired) electrons. The molecule has 0 fully saturated rings. The average Bonchev–Trinajstić information content (AvgIpc) is 3.44. The number of hydrogen-bond donors (Lipinski definition) is 0. The molecule has 0 amide bonds. The molecule has 0 aliphatic carbocycles. The summed E-state index contributed by atoms with van der Waals surface area (Å²) in [6.45, 7) is 6.36. The maximum absolute atomic E-state index is 12.9. The lowest BCUT2D eigenvalue weighted by Gasteiger charge is -2.18. The van der Waals surface area contributed by atoms with E-state index in [0.717, 1.165) is 128 Å². The van der Waals surface area contributed by atoms with Crippen molar-refractivity contribution >= 4 is 17.9 Å². The smallest absolute Gasteiger partial charge is 0.306 e. The third kappa shape index (κ3) is 62.4. The van der Waals surface area contributed by atoms with Crippen LogP contribution in [0.4, 0.5) is 0 Å². The van der Waals surface area contributed by atoms with Crippen molar-refractivity contribution in [3.63, 3.8) is 0 Å². The predicted octanol–water partition coefficient (Wildman–Crippen LogP) is 22.2. The first-order chi connectivity index (χ1) is 38.5. The normalized spacial score (nSPS) is 13.0. The summed E-state index contributed by atoms with van der Waals surface area (Å²) in [5, 5.41) is 0. The first-order valence-electron chi connectivity index (χ1n) is 32.2. The Morgan fingerprint density at radius 1 is 0.269 bits per heavy atom. The third-order valence-electron chi connectivity index (χ3n) is 13.4. The second-order valence-corrected chi connectivity index (χ2v) is 20.9. The Balaban J connectivity index is 4.39. The van der Waals surface area contributed by atoms with Crippen molar-refractivity contribution in [2.45, 2.75) is 290 Å². The summed E-state index contributed by atoms with van der Waals surface area (Å²) >= 11 is 0. The summed E-state index contributed by atoms with van der Waals surface area (Å²) < 4.78 is 16.9. The van der Waals surface area contributed by atoms with E-state index in [2.05, 4.69) is 154 Å². The van der Waals surface area contributed by atoms with Gasteiger partial charge in [-0.05, 0) is 135 Å². The Labute approximate surface area is 481 Å². The van der Waals surface area contributed by atoms with E-state index >= 15 is 0 Å². The van der Waals surface area contributed by atoms with E-state index in [0.29, 0.717) is 19.3 Å². The fraction of sp³-hybridized carbons (Fsp3) is 0.653. The van der Waals surface area contributed by atoms with Crippen LogP contribution in [0.1, 0.15) is 284 Å². The number of esters is 3. The minimum absolute atomic E-state index is 0.0991. The summed E-state index contributed by atoms with van der Waals surface area (Å²) in [6, 6.07) is 0. The van der Waals surface area contributed by atoms with Gasteiger partial charge in [-0.1, -0.05) is 264 Å². The molecule has 6 nitrogen and oxygen atoms in total. The van der Waals surface area contributed by atoms with E-state index in [1.54, 1.807) is 0 Å². The minimum atomic E-state index is -0.806. The molecular weight excluding hydrogens is 961 g/mol. The standard InChI is InChI=1S/C72H118O6/c1-4-7-10-13-16-19-22-25-28-30-32-33-34-35-36-37-38-39-40-42-44-47-50-53-56-59-62-65-71(74)77-68-69(67-76-70(73)64-61-58-55-52-49-46-43-27-24-21-18-15-12-9-6-3)78-72(75)66-63-60-57-54-51-48-45-41-31-29-26-23-20-17-14-11-8-5-2/h7,9-10,12,16,18-21,23,25,27-29,31-33,35-36,43,49,52,69H,4-6,8,11,13-15,17,22,24,26,30,34,37-42,44-48,50-51,53-68H2,1-3H3/b10-7-,12-9-,19-16-,21-18-,23-20-,28-25-,31-29-,33-32-,36-35-,43-27-,52-49-. The Hall–Kier alpha value is -4.45.